The van der Waals surface area contributed by atoms with Crippen molar-refractivity contribution in [2.24, 2.45) is 0 Å². The number of benzene rings is 1. The molecule has 0 N–H and O–H groups in total. The predicted molar refractivity (Wildman–Crippen MR) is 75.5 cm³/mol. The number of fused-ring (bicyclic) bond motifs is 1. The van der Waals surface area contributed by atoms with Gasteiger partial charge in [0.25, 0.3) is 5.91 Å². The lowest BCUT2D eigenvalue weighted by atomic mass is 9.93. The van der Waals surface area contributed by atoms with Crippen molar-refractivity contribution in [3.05, 3.63) is 58.6 Å². The van der Waals surface area contributed by atoms with Crippen LogP contribution in [0.25, 0.3) is 0 Å². The zero-order chi connectivity index (χ0) is 14.5. The smallest absolute Gasteiger partial charge is 0.259 e. The molecule has 0 radical (unpaired) electrons. The first-order chi connectivity index (χ1) is 9.41. The van der Waals surface area contributed by atoms with E-state index in [4.69, 9.17) is 11.6 Å². The van der Waals surface area contributed by atoms with Crippen molar-refractivity contribution in [1.29, 1.82) is 0 Å². The molecular formula is C15H12ClFN2O. The van der Waals surface area contributed by atoms with Crippen LogP contribution in [-0.2, 0) is 5.54 Å². The van der Waals surface area contributed by atoms with Crippen LogP contribution < -0.4 is 4.90 Å². The molecule has 1 aliphatic heterocycles. The number of anilines is 1. The molecule has 1 aromatic heterocycles. The van der Waals surface area contributed by atoms with Crippen LogP contribution in [0.5, 0.6) is 0 Å². The standard InChI is InChI=1S/C15H12ClFN2O/c1-15(2)13-5-9(16)3-4-12(13)14(20)19(15)11-6-10(17)7-18-8-11/h3-8H,1-2H3. The second kappa shape index (κ2) is 4.28. The first kappa shape index (κ1) is 13.1. The Morgan fingerprint density at radius 2 is 2.00 bits per heavy atom. The van der Waals surface area contributed by atoms with Crippen LogP contribution in [0.15, 0.2) is 36.7 Å². The molecule has 20 heavy (non-hydrogen) atoms. The zero-order valence-electron chi connectivity index (χ0n) is 11.0. The Morgan fingerprint density at radius 1 is 1.25 bits per heavy atom. The summed E-state index contributed by atoms with van der Waals surface area (Å²) < 4.78 is 13.4. The van der Waals surface area contributed by atoms with Gasteiger partial charge in [0.05, 0.1) is 23.6 Å². The minimum atomic E-state index is -0.604. The minimum absolute atomic E-state index is 0.172. The van der Waals surface area contributed by atoms with Gasteiger partial charge in [-0.25, -0.2) is 4.39 Å². The molecule has 0 atom stereocenters. The summed E-state index contributed by atoms with van der Waals surface area (Å²) in [6, 6.07) is 6.47. The molecule has 0 aliphatic carbocycles. The Balaban J connectivity index is 2.18. The molecule has 3 nitrogen and oxygen atoms in total. The quantitative estimate of drug-likeness (QED) is 0.801. The molecule has 1 aliphatic rings. The lowest BCUT2D eigenvalue weighted by Crippen LogP contribution is -2.39. The van der Waals surface area contributed by atoms with Crippen LogP contribution in [0.2, 0.25) is 5.02 Å². The van der Waals surface area contributed by atoms with E-state index in [1.165, 1.54) is 12.3 Å². The van der Waals surface area contributed by atoms with E-state index in [-0.39, 0.29) is 5.91 Å². The van der Waals surface area contributed by atoms with Gasteiger partial charge in [-0.15, -0.1) is 0 Å². The van der Waals surface area contributed by atoms with Crippen LogP contribution in [0.3, 0.4) is 0 Å². The predicted octanol–water partition coefficient (Wildman–Crippen LogP) is 3.77. The van der Waals surface area contributed by atoms with E-state index in [0.29, 0.717) is 16.3 Å². The second-order valence-corrected chi connectivity index (χ2v) is 5.69. The third-order valence-corrected chi connectivity index (χ3v) is 3.82. The van der Waals surface area contributed by atoms with Crippen molar-refractivity contribution in [2.45, 2.75) is 19.4 Å². The summed E-state index contributed by atoms with van der Waals surface area (Å²) in [6.45, 7) is 3.80. The van der Waals surface area contributed by atoms with Crippen molar-refractivity contribution < 1.29 is 9.18 Å². The highest BCUT2D eigenvalue weighted by atomic mass is 35.5. The number of carbonyl (C=O) groups is 1. The van der Waals surface area contributed by atoms with Crippen molar-refractivity contribution in [3.63, 3.8) is 0 Å². The van der Waals surface area contributed by atoms with E-state index >= 15 is 0 Å². The molecule has 0 fully saturated rings. The van der Waals surface area contributed by atoms with E-state index in [1.807, 2.05) is 13.8 Å². The molecule has 0 bridgehead atoms. The Labute approximate surface area is 121 Å². The van der Waals surface area contributed by atoms with Gasteiger partial charge in [-0.3, -0.25) is 14.7 Å². The number of amides is 1. The number of rotatable bonds is 1. The molecule has 102 valence electrons. The Hall–Kier alpha value is -1.94. The monoisotopic (exact) mass is 290 g/mol. The molecular weight excluding hydrogens is 279 g/mol. The number of carbonyl (C=O) groups excluding carboxylic acids is 1. The van der Waals surface area contributed by atoms with Crippen LogP contribution in [-0.4, -0.2) is 10.9 Å². The molecule has 1 aromatic carbocycles. The third-order valence-electron chi connectivity index (χ3n) is 3.58. The number of halogens is 2. The summed E-state index contributed by atoms with van der Waals surface area (Å²) in [7, 11) is 0. The fraction of sp³-hybridized carbons (Fsp3) is 0.200. The van der Waals surface area contributed by atoms with Gasteiger partial charge in [0.15, 0.2) is 0 Å². The normalized spacial score (nSPS) is 16.4. The van der Waals surface area contributed by atoms with Gasteiger partial charge >= 0.3 is 0 Å². The van der Waals surface area contributed by atoms with Gasteiger partial charge < -0.3 is 0 Å². The van der Waals surface area contributed by atoms with Crippen LogP contribution in [0.4, 0.5) is 10.1 Å². The largest absolute Gasteiger partial charge is 0.297 e. The Kier molecular flexibility index (Phi) is 2.80. The van der Waals surface area contributed by atoms with Gasteiger partial charge in [0.2, 0.25) is 0 Å². The number of aromatic nitrogens is 1. The molecule has 3 rings (SSSR count). The zero-order valence-corrected chi connectivity index (χ0v) is 11.8. The Bertz CT molecular complexity index is 715. The van der Waals surface area contributed by atoms with Gasteiger partial charge in [0.1, 0.15) is 5.82 Å². The van der Waals surface area contributed by atoms with Crippen molar-refractivity contribution in [3.8, 4) is 0 Å². The molecule has 5 heteroatoms. The number of hydrogen-bond donors (Lipinski definition) is 0. The highest BCUT2D eigenvalue weighted by molar-refractivity contribution is 6.31. The molecule has 0 saturated heterocycles. The van der Waals surface area contributed by atoms with E-state index < -0.39 is 11.4 Å². The van der Waals surface area contributed by atoms with Gasteiger partial charge in [-0.1, -0.05) is 11.6 Å². The van der Waals surface area contributed by atoms with Gasteiger partial charge in [0, 0.05) is 16.7 Å². The van der Waals surface area contributed by atoms with Crippen LogP contribution in [0, 0.1) is 5.82 Å². The SMILES string of the molecule is CC1(C)c2cc(Cl)ccc2C(=O)N1c1cncc(F)c1. The lowest BCUT2D eigenvalue weighted by molar-refractivity contribution is 0.0982. The summed E-state index contributed by atoms with van der Waals surface area (Å²) in [5, 5.41) is 0.573. The average Bonchev–Trinajstić information content (AvgIpc) is 2.57. The molecule has 0 spiro atoms. The van der Waals surface area contributed by atoms with E-state index in [9.17, 15) is 9.18 Å². The first-order valence-corrected chi connectivity index (χ1v) is 6.54. The summed E-state index contributed by atoms with van der Waals surface area (Å²) in [5.74, 6) is -0.644. The lowest BCUT2D eigenvalue weighted by Gasteiger charge is -2.32. The minimum Gasteiger partial charge on any atom is -0.297 e. The van der Waals surface area contributed by atoms with E-state index in [1.54, 1.807) is 23.1 Å². The summed E-state index contributed by atoms with van der Waals surface area (Å²) in [4.78, 5) is 17.9. The van der Waals surface area contributed by atoms with Crippen molar-refractivity contribution in [1.82, 2.24) is 4.98 Å². The van der Waals surface area contributed by atoms with Crippen LogP contribution in [0.1, 0.15) is 29.8 Å². The summed E-state index contributed by atoms with van der Waals surface area (Å²) >= 11 is 6.02. The molecule has 1 amide bonds. The van der Waals surface area contributed by atoms with Crippen molar-refractivity contribution in [2.75, 3.05) is 4.90 Å². The topological polar surface area (TPSA) is 33.2 Å². The van der Waals surface area contributed by atoms with Crippen molar-refractivity contribution >= 4 is 23.2 Å². The van der Waals surface area contributed by atoms with E-state index in [0.717, 1.165) is 11.8 Å². The summed E-state index contributed by atoms with van der Waals surface area (Å²) in [6.07, 6.45) is 2.59. The summed E-state index contributed by atoms with van der Waals surface area (Å²) in [5.41, 5.74) is 1.25. The molecule has 0 saturated carbocycles. The van der Waals surface area contributed by atoms with Crippen LogP contribution >= 0.6 is 11.6 Å². The van der Waals surface area contributed by atoms with E-state index in [2.05, 4.69) is 4.98 Å². The number of hydrogen-bond acceptors (Lipinski definition) is 2. The first-order valence-electron chi connectivity index (χ1n) is 6.16. The maximum atomic E-state index is 13.4. The molecule has 0 unspecified atom stereocenters. The highest BCUT2D eigenvalue weighted by Crippen LogP contribution is 2.42. The maximum Gasteiger partial charge on any atom is 0.259 e. The third kappa shape index (κ3) is 1.79. The average molecular weight is 291 g/mol. The number of nitrogens with zero attached hydrogens (tertiary/aromatic N) is 2. The Morgan fingerprint density at radius 3 is 2.70 bits per heavy atom. The number of pyridine rings is 1. The fourth-order valence-corrected chi connectivity index (χ4v) is 2.84. The fourth-order valence-electron chi connectivity index (χ4n) is 2.67. The molecule has 2 heterocycles. The van der Waals surface area contributed by atoms with Gasteiger partial charge in [-0.05, 0) is 37.6 Å². The highest BCUT2D eigenvalue weighted by Gasteiger charge is 2.44. The molecule has 2 aromatic rings. The maximum absolute atomic E-state index is 13.4. The second-order valence-electron chi connectivity index (χ2n) is 5.25. The van der Waals surface area contributed by atoms with Gasteiger partial charge in [-0.2, -0.15) is 0 Å².